The number of methoxy groups -OCH3 is 1. The highest BCUT2D eigenvalue weighted by molar-refractivity contribution is 6.41. The summed E-state index contributed by atoms with van der Waals surface area (Å²) in [5.41, 5.74) is 2.20. The van der Waals surface area contributed by atoms with E-state index in [0.717, 1.165) is 11.1 Å². The number of cyclic esters (lactones) is 1. The first-order chi connectivity index (χ1) is 40.2. The predicted molar refractivity (Wildman–Crippen MR) is 292 cm³/mol. The van der Waals surface area contributed by atoms with Gasteiger partial charge >= 0.3 is 27.2 Å². The minimum atomic E-state index is -3.95. The zero-order chi connectivity index (χ0) is 60.6. The van der Waals surface area contributed by atoms with Gasteiger partial charge < -0.3 is 62.5 Å². The molecule has 8 amide bonds. The number of carbonyl (C=O) groups excluding carboxylic acids is 11. The Hall–Kier alpha value is -6.88. The first-order valence-electron chi connectivity index (χ1n) is 28.5. The molecule has 0 aromatic heterocycles. The van der Waals surface area contributed by atoms with Crippen LogP contribution in [0.25, 0.3) is 0 Å². The molecule has 0 spiro atoms. The van der Waals surface area contributed by atoms with Crippen LogP contribution in [0.1, 0.15) is 69.9 Å². The molecule has 9 atom stereocenters. The molecule has 1 aromatic carbocycles. The van der Waals surface area contributed by atoms with Crippen LogP contribution in [0.15, 0.2) is 18.2 Å². The van der Waals surface area contributed by atoms with E-state index in [4.69, 9.17) is 17.1 Å². The minimum Gasteiger partial charge on any atom is -0.558 e. The van der Waals surface area contributed by atoms with E-state index in [2.05, 4.69) is 31.9 Å². The van der Waals surface area contributed by atoms with E-state index < -0.39 is 123 Å². The number of esters is 1. The van der Waals surface area contributed by atoms with Crippen molar-refractivity contribution in [3.63, 3.8) is 0 Å². The Bertz CT molecular complexity index is 2600. The summed E-state index contributed by atoms with van der Waals surface area (Å²) in [6, 6.07) is 0.405. The summed E-state index contributed by atoms with van der Waals surface area (Å²) >= 11 is -3.95. The lowest BCUT2D eigenvalue weighted by atomic mass is 9.97. The van der Waals surface area contributed by atoms with Crippen LogP contribution in [0, 0.1) is 5.92 Å². The number of nitrogens with zero attached hydrogens (tertiary/aromatic N) is 6. The summed E-state index contributed by atoms with van der Waals surface area (Å²) in [6.45, 7) is 6.48. The number of rotatable bonds is 23. The smallest absolute Gasteiger partial charge is 0.558 e. The molecule has 6 heterocycles. The summed E-state index contributed by atoms with van der Waals surface area (Å²) in [7, 11) is 1.35. The van der Waals surface area contributed by atoms with Crippen LogP contribution in [0.2, 0.25) is 0 Å². The topological polar surface area (TPSA) is 354 Å². The molecule has 0 saturated carbocycles. The third-order valence-corrected chi connectivity index (χ3v) is 16.7. The van der Waals surface area contributed by atoms with Crippen molar-refractivity contribution >= 4 is 92.1 Å². The molecule has 6 aliphatic rings. The maximum absolute atomic E-state index is 14.4. The highest BCUT2D eigenvalue weighted by atomic mass is 27.3. The molecule has 7 rings (SSSR count). The summed E-state index contributed by atoms with van der Waals surface area (Å²) in [5, 5.41) is 25.5. The lowest BCUT2D eigenvalue weighted by Crippen LogP contribution is -2.59. The van der Waals surface area contributed by atoms with Crippen molar-refractivity contribution in [3.05, 3.63) is 29.3 Å². The highest BCUT2D eigenvalue weighted by Crippen LogP contribution is 2.39. The average Bonchev–Trinajstić information content (AvgIpc) is 2.26. The predicted octanol–water partition coefficient (Wildman–Crippen LogP) is -4.21. The molecule has 0 aliphatic carbocycles. The van der Waals surface area contributed by atoms with Crippen molar-refractivity contribution in [2.24, 2.45) is 5.92 Å². The minimum absolute atomic E-state index is 0.0510. The third-order valence-electron chi connectivity index (χ3n) is 15.8. The number of aliphatic carboxylic acids is 1. The molecule has 31 heteroatoms. The van der Waals surface area contributed by atoms with E-state index >= 15 is 0 Å². The van der Waals surface area contributed by atoms with Gasteiger partial charge in [0.2, 0.25) is 53.5 Å². The zero-order valence-corrected chi connectivity index (χ0v) is 48.7. The van der Waals surface area contributed by atoms with Crippen molar-refractivity contribution in [1.82, 2.24) is 56.4 Å². The quantitative estimate of drug-likeness (QED) is 0.0403. The number of anilines is 1. The van der Waals surface area contributed by atoms with E-state index in [1.165, 1.54) is 12.0 Å². The Morgan fingerprint density at radius 3 is 2.01 bits per heavy atom. The molecule has 4 fully saturated rings. The Morgan fingerprint density at radius 1 is 0.738 bits per heavy atom. The molecular formula is C53H76AlFN12O17. The summed E-state index contributed by atoms with van der Waals surface area (Å²) in [4.78, 5) is 167. The largest absolute Gasteiger partial charge is 1.15 e. The van der Waals surface area contributed by atoms with Gasteiger partial charge in [0.25, 0.3) is 11.9 Å². The second kappa shape index (κ2) is 30.8. The SMILES string of the molecule is CC[C@H](C)[C@H](NC(=O)CCNC(=O)CCNC(=O)C(CCC(=O)O)NC(=O)CN1CCN(C(=O)CN2CCN3CCN(CC2)CC(=O)[O][Al]([F])[O]C(=O)C3)CC1)C(=O)N[C@H]1CCc2cccc3c2N(C1=O)[C@H](C(=O)N[C@H]1CC(=O)O[C@H]1OC)C3. The Morgan fingerprint density at radius 2 is 1.36 bits per heavy atom. The van der Waals surface area contributed by atoms with Crippen LogP contribution in [0.5, 0.6) is 0 Å². The van der Waals surface area contributed by atoms with Crippen molar-refractivity contribution < 1.29 is 83.2 Å². The molecule has 0 radical (unpaired) electrons. The van der Waals surface area contributed by atoms with Gasteiger partial charge in [-0.25, -0.2) is 0 Å². The lowest BCUT2D eigenvalue weighted by Gasteiger charge is -2.36. The standard InChI is InChI=1S/C53H78N12O17.Al.FH/c1-4-32(2)47(51(79)57-36-9-8-33-6-5-7-34-26-38(65(48(33)34)52(36)80)50(78)58-37-27-46(76)82-53(37)81-3)59-40(67)13-14-54-39(66)12-15-55-49(77)35(10-11-43(70)71)56-41(68)28-60-22-24-64(25-23-60)42(69)29-61-16-18-62(30-44(72)73)20-21-63(19-17-61)31-45(74)75;;/h5-7,32,35-38,47,53H,4,8-31H2,1-3H3,(H,54,66)(H,55,77)(H,56,68)(H,57,79)(H,58,78)(H,59,67)(H,70,71)(H,72,73)(H,74,75);;1H/q;+3;/p-3/t32-,35?,36-,37-,38-,47-,53+;;/m0../s1. The van der Waals surface area contributed by atoms with Crippen LogP contribution in [0.3, 0.4) is 0 Å². The number of hydrogen-bond acceptors (Lipinski definition) is 20. The Labute approximate surface area is 490 Å². The van der Waals surface area contributed by atoms with Gasteiger partial charge in [0.05, 0.1) is 38.3 Å². The van der Waals surface area contributed by atoms with Crippen LogP contribution < -0.4 is 36.8 Å². The number of nitrogens with one attached hydrogen (secondary N) is 6. The number of carboxylic acid groups (broad SMARTS) is 1. The van der Waals surface area contributed by atoms with Gasteiger partial charge in [-0.2, -0.15) is 0 Å². The number of fused-ring (bicyclic) bond motifs is 3. The van der Waals surface area contributed by atoms with Crippen molar-refractivity contribution in [3.8, 4) is 0 Å². The number of carbonyl (C=O) groups is 12. The van der Waals surface area contributed by atoms with E-state index in [1.54, 1.807) is 26.5 Å². The number of amides is 8. The molecule has 29 nitrogen and oxygen atoms in total. The molecule has 2 bridgehead atoms. The maximum Gasteiger partial charge on any atom is 1.15 e. The average molecular weight is 1200 g/mol. The second-order valence-corrected chi connectivity index (χ2v) is 22.7. The number of piperazine rings is 1. The number of para-hydroxylation sites is 1. The number of aryl methyl sites for hydroxylation is 1. The van der Waals surface area contributed by atoms with Crippen molar-refractivity contribution in [2.75, 3.05) is 117 Å². The van der Waals surface area contributed by atoms with E-state index in [-0.39, 0.29) is 89.6 Å². The van der Waals surface area contributed by atoms with Crippen molar-refractivity contribution in [2.45, 2.75) is 108 Å². The number of carboxylic acids is 1. The van der Waals surface area contributed by atoms with Crippen LogP contribution in [-0.2, 0) is 87.4 Å². The molecule has 1 aromatic rings. The van der Waals surface area contributed by atoms with E-state index in [0.29, 0.717) is 84.0 Å². The molecule has 6 aliphatic heterocycles. The summed E-state index contributed by atoms with van der Waals surface area (Å²) in [5.74, 6) is -7.96. The number of hydrogen-bond donors (Lipinski definition) is 7. The van der Waals surface area contributed by atoms with Gasteiger partial charge in [0.1, 0.15) is 30.2 Å². The van der Waals surface area contributed by atoms with Gasteiger partial charge in [-0.1, -0.05) is 38.5 Å². The molecular weight excluding hydrogens is 1120 g/mol. The second-order valence-electron chi connectivity index (χ2n) is 21.7. The van der Waals surface area contributed by atoms with Crippen LogP contribution in [0.4, 0.5) is 9.21 Å². The third kappa shape index (κ3) is 18.3. The van der Waals surface area contributed by atoms with E-state index in [1.807, 2.05) is 30.0 Å². The molecule has 460 valence electrons. The molecule has 7 N–H and O–H groups in total. The highest BCUT2D eigenvalue weighted by Gasteiger charge is 2.47. The molecule has 4 saturated heterocycles. The fourth-order valence-corrected chi connectivity index (χ4v) is 11.5. The normalized spacial score (nSPS) is 24.2. The summed E-state index contributed by atoms with van der Waals surface area (Å²) < 4.78 is 33.8. The lowest BCUT2D eigenvalue weighted by molar-refractivity contribution is -0.160. The van der Waals surface area contributed by atoms with Gasteiger partial charge in [0.15, 0.2) is 0 Å². The van der Waals surface area contributed by atoms with Gasteiger partial charge in [0, 0.05) is 111 Å². The first-order valence-corrected chi connectivity index (χ1v) is 29.9. The van der Waals surface area contributed by atoms with Gasteiger partial charge in [-0.15, -0.1) is 0 Å². The molecule has 84 heavy (non-hydrogen) atoms. The van der Waals surface area contributed by atoms with Crippen molar-refractivity contribution in [1.29, 1.82) is 0 Å². The Balaban J connectivity index is 0.818. The monoisotopic (exact) mass is 1200 g/mol. The number of benzene rings is 1. The number of ether oxygens (including phenoxy) is 2. The first kappa shape index (κ1) is 64.7. The summed E-state index contributed by atoms with van der Waals surface area (Å²) in [6.07, 6.45) is -0.954. The Kier molecular flexibility index (Phi) is 23.7. The van der Waals surface area contributed by atoms with Crippen LogP contribution >= 0.6 is 0 Å². The maximum atomic E-state index is 14.4. The number of halogens is 1. The zero-order valence-electron chi connectivity index (χ0n) is 47.6. The fraction of sp³-hybridized carbons (Fsp3) is 0.660. The van der Waals surface area contributed by atoms with Crippen LogP contribution in [-0.4, -0.2) is 264 Å². The fourth-order valence-electron chi connectivity index (χ4n) is 10.9. The molecule has 3 unspecified atom stereocenters. The van der Waals surface area contributed by atoms with E-state index in [9.17, 15) is 66.2 Å². The van der Waals surface area contributed by atoms with Gasteiger partial charge in [-0.3, -0.25) is 82.0 Å². The van der Waals surface area contributed by atoms with Gasteiger partial charge in [-0.05, 0) is 36.3 Å².